The molecule has 0 aromatic heterocycles. The largest absolute Gasteiger partial charge is 0.325 e. The number of hydrogen-bond acceptors (Lipinski definition) is 3. The molecular weight excluding hydrogens is 378 g/mol. The van der Waals surface area contributed by atoms with Crippen molar-refractivity contribution in [3.05, 3.63) is 58.3 Å². The highest BCUT2D eigenvalue weighted by Crippen LogP contribution is 2.33. The maximum Gasteiger partial charge on any atom is 0.245 e. The van der Waals surface area contributed by atoms with Gasteiger partial charge in [0.25, 0.3) is 0 Å². The third-order valence-corrected chi connectivity index (χ3v) is 4.95. The summed E-state index contributed by atoms with van der Waals surface area (Å²) in [6.45, 7) is -0.504. The fraction of sp³-hybridized carbons (Fsp3) is 0.133. The summed E-state index contributed by atoms with van der Waals surface area (Å²) in [7, 11) is -3.78. The fourth-order valence-electron chi connectivity index (χ4n) is 1.93. The molecule has 2 aromatic carbocycles. The number of anilines is 2. The van der Waals surface area contributed by atoms with Crippen LogP contribution in [0.2, 0.25) is 10.0 Å². The number of carbonyl (C=O) groups excluding carboxylic acids is 1. The van der Waals surface area contributed by atoms with Gasteiger partial charge >= 0.3 is 0 Å². The molecule has 24 heavy (non-hydrogen) atoms. The first kappa shape index (κ1) is 18.5. The Morgan fingerprint density at radius 3 is 2.38 bits per heavy atom. The van der Waals surface area contributed by atoms with E-state index < -0.39 is 28.3 Å². The van der Waals surface area contributed by atoms with E-state index in [1.54, 1.807) is 0 Å². The van der Waals surface area contributed by atoms with E-state index >= 15 is 0 Å². The second kappa shape index (κ2) is 7.38. The lowest BCUT2D eigenvalue weighted by Crippen LogP contribution is -2.37. The van der Waals surface area contributed by atoms with Gasteiger partial charge in [-0.15, -0.1) is 0 Å². The van der Waals surface area contributed by atoms with Gasteiger partial charge in [-0.25, -0.2) is 12.8 Å². The Morgan fingerprint density at radius 1 is 1.17 bits per heavy atom. The van der Waals surface area contributed by atoms with Crippen molar-refractivity contribution in [1.82, 2.24) is 0 Å². The molecule has 0 radical (unpaired) electrons. The summed E-state index contributed by atoms with van der Waals surface area (Å²) in [5.41, 5.74) is 0.438. The Morgan fingerprint density at radius 2 is 1.79 bits per heavy atom. The van der Waals surface area contributed by atoms with Crippen molar-refractivity contribution in [2.45, 2.75) is 0 Å². The SMILES string of the molecule is CS(=O)(=O)N(CC(=O)Nc1ccc(F)cc1)c1cccc(Cl)c1Cl. The molecule has 1 amide bonds. The third-order valence-electron chi connectivity index (χ3n) is 3.02. The zero-order valence-corrected chi connectivity index (χ0v) is 14.8. The number of hydrogen-bond donors (Lipinski definition) is 1. The molecule has 0 unspecified atom stereocenters. The van der Waals surface area contributed by atoms with Crippen LogP contribution in [0, 0.1) is 5.82 Å². The maximum atomic E-state index is 12.9. The van der Waals surface area contributed by atoms with Crippen molar-refractivity contribution in [3.8, 4) is 0 Å². The number of amides is 1. The highest BCUT2D eigenvalue weighted by atomic mass is 35.5. The van der Waals surface area contributed by atoms with Crippen molar-refractivity contribution >= 4 is 50.5 Å². The molecule has 0 aliphatic carbocycles. The second-order valence-corrected chi connectivity index (χ2v) is 7.59. The van der Waals surface area contributed by atoms with E-state index in [4.69, 9.17) is 23.2 Å². The summed E-state index contributed by atoms with van der Waals surface area (Å²) in [5.74, 6) is -1.06. The molecule has 2 aromatic rings. The van der Waals surface area contributed by atoms with Crippen LogP contribution in [0.15, 0.2) is 42.5 Å². The van der Waals surface area contributed by atoms with Crippen LogP contribution in [0.25, 0.3) is 0 Å². The molecule has 0 bridgehead atoms. The molecule has 2 rings (SSSR count). The summed E-state index contributed by atoms with van der Waals surface area (Å²) in [6.07, 6.45) is 0.954. The summed E-state index contributed by atoms with van der Waals surface area (Å²) in [5, 5.41) is 2.68. The topological polar surface area (TPSA) is 66.5 Å². The third kappa shape index (κ3) is 4.59. The van der Waals surface area contributed by atoms with Crippen LogP contribution in [-0.2, 0) is 14.8 Å². The molecule has 0 fully saturated rings. The molecule has 0 atom stereocenters. The Balaban J connectivity index is 2.25. The first-order chi connectivity index (χ1) is 11.2. The van der Waals surface area contributed by atoms with Crippen molar-refractivity contribution < 1.29 is 17.6 Å². The molecule has 0 aliphatic rings. The van der Waals surface area contributed by atoms with Crippen LogP contribution < -0.4 is 9.62 Å². The van der Waals surface area contributed by atoms with E-state index in [0.717, 1.165) is 10.6 Å². The zero-order chi connectivity index (χ0) is 17.9. The summed E-state index contributed by atoms with van der Waals surface area (Å²) in [6, 6.07) is 9.57. The van der Waals surface area contributed by atoms with Crippen LogP contribution in [0.4, 0.5) is 15.8 Å². The van der Waals surface area contributed by atoms with Gasteiger partial charge in [0.2, 0.25) is 15.9 Å². The Labute approximate surface area is 149 Å². The molecule has 128 valence electrons. The first-order valence-corrected chi connectivity index (χ1v) is 9.26. The van der Waals surface area contributed by atoms with E-state index in [1.165, 1.54) is 42.5 Å². The molecule has 0 saturated heterocycles. The van der Waals surface area contributed by atoms with Gasteiger partial charge in [-0.05, 0) is 36.4 Å². The van der Waals surface area contributed by atoms with Gasteiger partial charge in [-0.3, -0.25) is 9.10 Å². The molecule has 0 heterocycles. The summed E-state index contributed by atoms with van der Waals surface area (Å²) >= 11 is 11.9. The lowest BCUT2D eigenvalue weighted by Gasteiger charge is -2.23. The monoisotopic (exact) mass is 390 g/mol. The van der Waals surface area contributed by atoms with E-state index in [0.29, 0.717) is 5.69 Å². The van der Waals surface area contributed by atoms with Crippen LogP contribution in [0.5, 0.6) is 0 Å². The number of nitrogens with one attached hydrogen (secondary N) is 1. The average Bonchev–Trinajstić information content (AvgIpc) is 2.49. The van der Waals surface area contributed by atoms with Gasteiger partial charge in [-0.1, -0.05) is 29.3 Å². The smallest absolute Gasteiger partial charge is 0.245 e. The minimum atomic E-state index is -3.78. The minimum absolute atomic E-state index is 0.0270. The highest BCUT2D eigenvalue weighted by molar-refractivity contribution is 7.92. The predicted molar refractivity (Wildman–Crippen MR) is 93.7 cm³/mol. The zero-order valence-electron chi connectivity index (χ0n) is 12.5. The first-order valence-electron chi connectivity index (χ1n) is 6.65. The van der Waals surface area contributed by atoms with E-state index in [2.05, 4.69) is 5.32 Å². The second-order valence-electron chi connectivity index (χ2n) is 4.90. The lowest BCUT2D eigenvalue weighted by molar-refractivity contribution is -0.114. The molecular formula is C15H13Cl2FN2O3S. The lowest BCUT2D eigenvalue weighted by atomic mass is 10.3. The van der Waals surface area contributed by atoms with Crippen LogP contribution in [0.3, 0.4) is 0 Å². The number of halogens is 3. The van der Waals surface area contributed by atoms with E-state index in [1.807, 2.05) is 0 Å². The van der Waals surface area contributed by atoms with Crippen molar-refractivity contribution in [3.63, 3.8) is 0 Å². The Kier molecular flexibility index (Phi) is 5.69. The molecule has 5 nitrogen and oxygen atoms in total. The van der Waals surface area contributed by atoms with E-state index in [9.17, 15) is 17.6 Å². The number of sulfonamides is 1. The summed E-state index contributed by atoms with van der Waals surface area (Å²) in [4.78, 5) is 12.1. The molecule has 0 aliphatic heterocycles. The van der Waals surface area contributed by atoms with Crippen molar-refractivity contribution in [1.29, 1.82) is 0 Å². The van der Waals surface area contributed by atoms with Gasteiger partial charge in [0.1, 0.15) is 12.4 Å². The normalized spacial score (nSPS) is 11.2. The van der Waals surface area contributed by atoms with Gasteiger partial charge in [0.05, 0.1) is 22.0 Å². The number of nitrogens with zero attached hydrogens (tertiary/aromatic N) is 1. The van der Waals surface area contributed by atoms with Gasteiger partial charge in [-0.2, -0.15) is 0 Å². The number of benzene rings is 2. The number of carbonyl (C=O) groups is 1. The van der Waals surface area contributed by atoms with Gasteiger partial charge in [0, 0.05) is 5.69 Å². The van der Waals surface area contributed by atoms with Gasteiger partial charge in [0.15, 0.2) is 0 Å². The van der Waals surface area contributed by atoms with Crippen molar-refractivity contribution in [2.24, 2.45) is 0 Å². The van der Waals surface area contributed by atoms with Crippen LogP contribution >= 0.6 is 23.2 Å². The predicted octanol–water partition coefficient (Wildman–Crippen LogP) is 3.54. The molecule has 0 spiro atoms. The Hall–Kier alpha value is -1.83. The van der Waals surface area contributed by atoms with Crippen LogP contribution in [-0.4, -0.2) is 27.1 Å². The Bertz CT molecular complexity index is 858. The fourth-order valence-corrected chi connectivity index (χ4v) is 3.24. The number of rotatable bonds is 5. The van der Waals surface area contributed by atoms with Crippen molar-refractivity contribution in [2.75, 3.05) is 22.4 Å². The minimum Gasteiger partial charge on any atom is -0.325 e. The average molecular weight is 391 g/mol. The maximum absolute atomic E-state index is 12.9. The van der Waals surface area contributed by atoms with Gasteiger partial charge < -0.3 is 5.32 Å². The highest BCUT2D eigenvalue weighted by Gasteiger charge is 2.24. The van der Waals surface area contributed by atoms with E-state index in [-0.39, 0.29) is 15.7 Å². The standard InChI is InChI=1S/C15H13Cl2FN2O3S/c1-24(22,23)20(13-4-2-3-12(16)15(13)17)9-14(21)19-11-7-5-10(18)6-8-11/h2-8H,9H2,1H3,(H,19,21). The molecule has 9 heteroatoms. The summed E-state index contributed by atoms with van der Waals surface area (Å²) < 4.78 is 37.8. The molecule has 1 N–H and O–H groups in total. The van der Waals surface area contributed by atoms with Crippen LogP contribution in [0.1, 0.15) is 0 Å². The quantitative estimate of drug-likeness (QED) is 0.848. The molecule has 0 saturated carbocycles.